The van der Waals surface area contributed by atoms with Crippen LogP contribution in [0.2, 0.25) is 0 Å². The molecular formula is C11H12BrN5O. The monoisotopic (exact) mass is 309 g/mol. The highest BCUT2D eigenvalue weighted by Crippen LogP contribution is 2.10. The summed E-state index contributed by atoms with van der Waals surface area (Å²) in [6.45, 7) is 1.85. The van der Waals surface area contributed by atoms with Crippen molar-refractivity contribution in [3.8, 4) is 0 Å². The highest BCUT2D eigenvalue weighted by Gasteiger charge is 2.15. The fourth-order valence-electron chi connectivity index (χ4n) is 1.53. The van der Waals surface area contributed by atoms with Crippen LogP contribution in [0.5, 0.6) is 0 Å². The van der Waals surface area contributed by atoms with Crippen LogP contribution >= 0.6 is 15.9 Å². The van der Waals surface area contributed by atoms with Gasteiger partial charge >= 0.3 is 0 Å². The van der Waals surface area contributed by atoms with Crippen LogP contribution in [0.15, 0.2) is 29.1 Å². The van der Waals surface area contributed by atoms with Gasteiger partial charge < -0.3 is 9.88 Å². The van der Waals surface area contributed by atoms with Crippen LogP contribution in [0.1, 0.15) is 29.3 Å². The van der Waals surface area contributed by atoms with E-state index < -0.39 is 0 Å². The molecule has 2 heterocycles. The lowest BCUT2D eigenvalue weighted by molar-refractivity contribution is 0.0932. The number of carbonyl (C=O) groups excluding carboxylic acids is 1. The van der Waals surface area contributed by atoms with E-state index in [-0.39, 0.29) is 11.9 Å². The molecule has 18 heavy (non-hydrogen) atoms. The van der Waals surface area contributed by atoms with Crippen LogP contribution in [-0.2, 0) is 7.05 Å². The molecule has 0 aliphatic rings. The zero-order chi connectivity index (χ0) is 13.1. The molecule has 0 aliphatic carbocycles. The minimum Gasteiger partial charge on any atom is -0.341 e. The third kappa shape index (κ3) is 2.73. The van der Waals surface area contributed by atoms with Gasteiger partial charge in [0.25, 0.3) is 5.91 Å². The predicted octanol–water partition coefficient (Wildman–Crippen LogP) is 1.46. The van der Waals surface area contributed by atoms with Crippen LogP contribution in [0.4, 0.5) is 0 Å². The van der Waals surface area contributed by atoms with Crippen molar-refractivity contribution in [2.75, 3.05) is 0 Å². The smallest absolute Gasteiger partial charge is 0.270 e. The van der Waals surface area contributed by atoms with Crippen molar-refractivity contribution in [2.45, 2.75) is 13.0 Å². The van der Waals surface area contributed by atoms with E-state index in [1.165, 1.54) is 0 Å². The number of aromatic nitrogens is 4. The van der Waals surface area contributed by atoms with E-state index >= 15 is 0 Å². The van der Waals surface area contributed by atoms with Gasteiger partial charge in [-0.3, -0.25) is 4.79 Å². The Morgan fingerprint density at radius 3 is 2.83 bits per heavy atom. The van der Waals surface area contributed by atoms with E-state index in [0.717, 1.165) is 4.47 Å². The van der Waals surface area contributed by atoms with E-state index in [9.17, 15) is 4.79 Å². The van der Waals surface area contributed by atoms with Crippen molar-refractivity contribution in [3.63, 3.8) is 0 Å². The standard InChI is InChI=1S/C11H12BrN5O/c1-7(10-16-14-6-17(10)2)15-11(18)9-4-3-8(12)5-13-9/h3-7H,1-2H3,(H,15,18). The summed E-state index contributed by atoms with van der Waals surface area (Å²) in [6, 6.07) is 3.20. The van der Waals surface area contributed by atoms with Crippen molar-refractivity contribution in [2.24, 2.45) is 7.05 Å². The lowest BCUT2D eigenvalue weighted by Gasteiger charge is -2.12. The molecule has 0 saturated carbocycles. The van der Waals surface area contributed by atoms with Crippen LogP contribution in [0.3, 0.4) is 0 Å². The lowest BCUT2D eigenvalue weighted by Crippen LogP contribution is -2.29. The van der Waals surface area contributed by atoms with Crippen molar-refractivity contribution in [3.05, 3.63) is 40.6 Å². The first-order chi connectivity index (χ1) is 8.58. The molecule has 0 bridgehead atoms. The van der Waals surface area contributed by atoms with Gasteiger partial charge in [-0.1, -0.05) is 0 Å². The summed E-state index contributed by atoms with van der Waals surface area (Å²) in [5.74, 6) is 0.457. The van der Waals surface area contributed by atoms with E-state index in [2.05, 4.69) is 36.4 Å². The number of hydrogen-bond acceptors (Lipinski definition) is 4. The summed E-state index contributed by atoms with van der Waals surface area (Å²) in [6.07, 6.45) is 3.18. The van der Waals surface area contributed by atoms with Gasteiger partial charge in [-0.25, -0.2) is 4.98 Å². The Balaban J connectivity index is 2.08. The quantitative estimate of drug-likeness (QED) is 0.931. The molecule has 1 amide bonds. The van der Waals surface area contributed by atoms with Crippen LogP contribution in [-0.4, -0.2) is 25.7 Å². The van der Waals surface area contributed by atoms with Crippen molar-refractivity contribution in [1.29, 1.82) is 0 Å². The second-order valence-corrected chi connectivity index (χ2v) is 4.77. The molecule has 0 radical (unpaired) electrons. The largest absolute Gasteiger partial charge is 0.341 e. The summed E-state index contributed by atoms with van der Waals surface area (Å²) in [4.78, 5) is 16.0. The van der Waals surface area contributed by atoms with Crippen molar-refractivity contribution in [1.82, 2.24) is 25.1 Å². The number of halogens is 1. The first kappa shape index (κ1) is 12.7. The van der Waals surface area contributed by atoms with Gasteiger partial charge in [-0.05, 0) is 35.0 Å². The molecule has 6 nitrogen and oxygen atoms in total. The fourth-order valence-corrected chi connectivity index (χ4v) is 1.76. The van der Waals surface area contributed by atoms with Crippen molar-refractivity contribution >= 4 is 21.8 Å². The minimum absolute atomic E-state index is 0.226. The molecule has 2 rings (SSSR count). The molecule has 0 fully saturated rings. The lowest BCUT2D eigenvalue weighted by atomic mass is 10.2. The Kier molecular flexibility index (Phi) is 3.71. The minimum atomic E-state index is -0.238. The Bertz CT molecular complexity index is 551. The maximum Gasteiger partial charge on any atom is 0.270 e. The van der Waals surface area contributed by atoms with Gasteiger partial charge in [0.15, 0.2) is 5.82 Å². The SMILES string of the molecule is CC(NC(=O)c1ccc(Br)cn1)c1nncn1C. The van der Waals surface area contributed by atoms with E-state index in [1.807, 2.05) is 14.0 Å². The third-order valence-corrected chi connectivity index (χ3v) is 2.91. The van der Waals surface area contributed by atoms with Gasteiger partial charge in [0, 0.05) is 17.7 Å². The predicted molar refractivity (Wildman–Crippen MR) is 68.8 cm³/mol. The van der Waals surface area contributed by atoms with Gasteiger partial charge in [0.05, 0.1) is 6.04 Å². The summed E-state index contributed by atoms with van der Waals surface area (Å²) in [7, 11) is 1.83. The van der Waals surface area contributed by atoms with E-state index in [4.69, 9.17) is 0 Å². The summed E-state index contributed by atoms with van der Waals surface area (Å²) in [5, 5.41) is 10.5. The Morgan fingerprint density at radius 2 is 2.28 bits per heavy atom. The van der Waals surface area contributed by atoms with Gasteiger partial charge in [-0.2, -0.15) is 0 Å². The Morgan fingerprint density at radius 1 is 1.50 bits per heavy atom. The highest BCUT2D eigenvalue weighted by atomic mass is 79.9. The number of rotatable bonds is 3. The number of nitrogens with zero attached hydrogens (tertiary/aromatic N) is 4. The second-order valence-electron chi connectivity index (χ2n) is 3.86. The first-order valence-electron chi connectivity index (χ1n) is 5.34. The summed E-state index contributed by atoms with van der Waals surface area (Å²) < 4.78 is 2.60. The summed E-state index contributed by atoms with van der Waals surface area (Å²) >= 11 is 3.27. The third-order valence-electron chi connectivity index (χ3n) is 2.44. The van der Waals surface area contributed by atoms with Crippen LogP contribution in [0, 0.1) is 0 Å². The topological polar surface area (TPSA) is 72.7 Å². The van der Waals surface area contributed by atoms with Crippen molar-refractivity contribution < 1.29 is 4.79 Å². The fraction of sp³-hybridized carbons (Fsp3) is 0.273. The number of aryl methyl sites for hydroxylation is 1. The zero-order valence-corrected chi connectivity index (χ0v) is 11.5. The molecule has 94 valence electrons. The Labute approximate surface area is 113 Å². The number of nitrogens with one attached hydrogen (secondary N) is 1. The second kappa shape index (κ2) is 5.26. The first-order valence-corrected chi connectivity index (χ1v) is 6.13. The average Bonchev–Trinajstić information content (AvgIpc) is 2.76. The number of carbonyl (C=O) groups is 1. The van der Waals surface area contributed by atoms with Crippen LogP contribution < -0.4 is 5.32 Å². The molecule has 0 aromatic carbocycles. The van der Waals surface area contributed by atoms with Gasteiger partial charge in [-0.15, -0.1) is 10.2 Å². The molecule has 1 N–H and O–H groups in total. The molecule has 1 unspecified atom stereocenters. The van der Waals surface area contributed by atoms with E-state index in [1.54, 1.807) is 29.2 Å². The zero-order valence-electron chi connectivity index (χ0n) is 9.96. The normalized spacial score (nSPS) is 12.2. The molecule has 2 aromatic heterocycles. The van der Waals surface area contributed by atoms with Gasteiger partial charge in [0.2, 0.25) is 0 Å². The average molecular weight is 310 g/mol. The number of pyridine rings is 1. The number of hydrogen-bond donors (Lipinski definition) is 1. The van der Waals surface area contributed by atoms with E-state index in [0.29, 0.717) is 11.5 Å². The molecule has 0 saturated heterocycles. The molecule has 2 aromatic rings. The Hall–Kier alpha value is -1.76. The molecular weight excluding hydrogens is 298 g/mol. The maximum atomic E-state index is 11.9. The highest BCUT2D eigenvalue weighted by molar-refractivity contribution is 9.10. The molecule has 7 heteroatoms. The summed E-state index contributed by atoms with van der Waals surface area (Å²) in [5.41, 5.74) is 0.368. The van der Waals surface area contributed by atoms with Gasteiger partial charge in [0.1, 0.15) is 12.0 Å². The number of amides is 1. The molecule has 1 atom stereocenters. The molecule has 0 aliphatic heterocycles. The maximum absolute atomic E-state index is 11.9. The molecule has 0 spiro atoms. The van der Waals surface area contributed by atoms with Crippen LogP contribution in [0.25, 0.3) is 0 Å².